The summed E-state index contributed by atoms with van der Waals surface area (Å²) in [4.78, 5) is 29.6. The van der Waals surface area contributed by atoms with Gasteiger partial charge in [-0.3, -0.25) is 30.8 Å². The highest BCUT2D eigenvalue weighted by atomic mass is 16.5. The average molecular weight is 491 g/mol. The van der Waals surface area contributed by atoms with E-state index in [1.165, 1.54) is 12.3 Å². The molecule has 1 unspecified atom stereocenters. The minimum absolute atomic E-state index is 0.0600. The largest absolute Gasteiger partial charge is 0.490 e. The van der Waals surface area contributed by atoms with Crippen LogP contribution in [-0.2, 0) is 4.79 Å². The molecule has 0 aliphatic heterocycles. The Bertz CT molecular complexity index is 1200. The van der Waals surface area contributed by atoms with Crippen molar-refractivity contribution in [2.24, 2.45) is 5.73 Å². The Morgan fingerprint density at radius 2 is 1.78 bits per heavy atom. The van der Waals surface area contributed by atoms with Crippen molar-refractivity contribution in [3.8, 4) is 11.5 Å². The zero-order chi connectivity index (χ0) is 26.1. The molecule has 0 saturated carbocycles. The predicted octanol–water partition coefficient (Wildman–Crippen LogP) is 3.17. The van der Waals surface area contributed by atoms with Crippen LogP contribution < -0.4 is 31.4 Å². The Balaban J connectivity index is 1.88. The number of nitrogens with two attached hydrogens (primary N) is 1. The van der Waals surface area contributed by atoms with Gasteiger partial charge in [0.2, 0.25) is 0 Å². The molecular formula is C26H30N6O4. The van der Waals surface area contributed by atoms with E-state index in [1.807, 2.05) is 20.8 Å². The van der Waals surface area contributed by atoms with E-state index in [9.17, 15) is 9.59 Å². The van der Waals surface area contributed by atoms with Crippen molar-refractivity contribution in [3.05, 3.63) is 83.7 Å². The lowest BCUT2D eigenvalue weighted by molar-refractivity contribution is -0.122. The standard InChI is InChI=1S/C26H30N6O4/c1-4-35-22-15-18(10-13-21(22)36-16(2)3)23(30-19-11-8-17(9-12-19)24(27)28)26(34)32-31-25(33)20-7-5-6-14-29-20/h5-16,23,30H,4H2,1-3H3,(H3,27,28)(H,31,33)(H,32,34). The Kier molecular flexibility index (Phi) is 8.82. The maximum absolute atomic E-state index is 13.3. The monoisotopic (exact) mass is 490 g/mol. The second kappa shape index (κ2) is 12.2. The van der Waals surface area contributed by atoms with Gasteiger partial charge in [-0.1, -0.05) is 12.1 Å². The third-order valence-corrected chi connectivity index (χ3v) is 4.93. The second-order valence-corrected chi connectivity index (χ2v) is 8.03. The molecule has 10 heteroatoms. The van der Waals surface area contributed by atoms with Crippen LogP contribution in [0.1, 0.15) is 48.4 Å². The number of hydrogen-bond acceptors (Lipinski definition) is 7. The Hall–Kier alpha value is -4.60. The molecule has 36 heavy (non-hydrogen) atoms. The summed E-state index contributed by atoms with van der Waals surface area (Å²) in [6.45, 7) is 6.10. The minimum Gasteiger partial charge on any atom is -0.490 e. The molecule has 2 amide bonds. The normalized spacial score (nSPS) is 11.3. The molecule has 0 radical (unpaired) electrons. The number of nitrogen functional groups attached to an aromatic ring is 1. The maximum atomic E-state index is 13.3. The fourth-order valence-corrected chi connectivity index (χ4v) is 3.29. The van der Waals surface area contributed by atoms with E-state index in [0.29, 0.717) is 34.9 Å². The first-order valence-electron chi connectivity index (χ1n) is 11.4. The summed E-state index contributed by atoms with van der Waals surface area (Å²) in [6.07, 6.45) is 1.43. The number of pyridine rings is 1. The fraction of sp³-hybridized carbons (Fsp3) is 0.231. The number of ether oxygens (including phenoxy) is 2. The molecule has 3 rings (SSSR count). The van der Waals surface area contributed by atoms with Gasteiger partial charge in [0, 0.05) is 17.4 Å². The van der Waals surface area contributed by atoms with Crippen LogP contribution >= 0.6 is 0 Å². The highest BCUT2D eigenvalue weighted by Crippen LogP contribution is 2.32. The van der Waals surface area contributed by atoms with Gasteiger partial charge in [-0.2, -0.15) is 0 Å². The van der Waals surface area contributed by atoms with Crippen LogP contribution in [0, 0.1) is 5.41 Å². The molecule has 0 aliphatic rings. The summed E-state index contributed by atoms with van der Waals surface area (Å²) in [5.74, 6) is -0.0777. The number of anilines is 1. The molecule has 0 bridgehead atoms. The fourth-order valence-electron chi connectivity index (χ4n) is 3.29. The number of amidine groups is 1. The number of nitrogens with zero attached hydrogens (tertiary/aromatic N) is 1. The Morgan fingerprint density at radius 1 is 1.03 bits per heavy atom. The van der Waals surface area contributed by atoms with E-state index < -0.39 is 17.9 Å². The highest BCUT2D eigenvalue weighted by Gasteiger charge is 2.24. The lowest BCUT2D eigenvalue weighted by Gasteiger charge is -2.22. The lowest BCUT2D eigenvalue weighted by atomic mass is 10.0. The highest BCUT2D eigenvalue weighted by molar-refractivity contribution is 5.96. The van der Waals surface area contributed by atoms with Crippen molar-refractivity contribution in [1.29, 1.82) is 5.41 Å². The van der Waals surface area contributed by atoms with Gasteiger partial charge >= 0.3 is 0 Å². The number of hydrogen-bond donors (Lipinski definition) is 5. The maximum Gasteiger partial charge on any atom is 0.288 e. The third kappa shape index (κ3) is 6.95. The van der Waals surface area contributed by atoms with Crippen LogP contribution in [0.25, 0.3) is 0 Å². The molecule has 2 aromatic carbocycles. The molecule has 0 aliphatic carbocycles. The molecule has 0 spiro atoms. The van der Waals surface area contributed by atoms with Crippen molar-refractivity contribution in [2.45, 2.75) is 32.9 Å². The van der Waals surface area contributed by atoms with E-state index in [2.05, 4.69) is 21.2 Å². The van der Waals surface area contributed by atoms with Gasteiger partial charge in [0.25, 0.3) is 11.8 Å². The van der Waals surface area contributed by atoms with Gasteiger partial charge in [0.1, 0.15) is 17.6 Å². The first-order chi connectivity index (χ1) is 17.3. The number of carbonyl (C=O) groups excluding carboxylic acids is 2. The first-order valence-corrected chi connectivity index (χ1v) is 11.4. The van der Waals surface area contributed by atoms with E-state index in [1.54, 1.807) is 54.6 Å². The van der Waals surface area contributed by atoms with Crippen molar-refractivity contribution in [2.75, 3.05) is 11.9 Å². The molecule has 1 atom stereocenters. The SMILES string of the molecule is CCOc1cc(C(Nc2ccc(C(=N)N)cc2)C(=O)NNC(=O)c2ccccn2)ccc1OC(C)C. The summed E-state index contributed by atoms with van der Waals surface area (Å²) in [5.41, 5.74) is 12.3. The van der Waals surface area contributed by atoms with E-state index in [4.69, 9.17) is 20.6 Å². The summed E-state index contributed by atoms with van der Waals surface area (Å²) in [6, 6.07) is 16.0. The van der Waals surface area contributed by atoms with E-state index in [-0.39, 0.29) is 17.6 Å². The van der Waals surface area contributed by atoms with Crippen molar-refractivity contribution < 1.29 is 19.1 Å². The van der Waals surface area contributed by atoms with Gasteiger partial charge in [0.15, 0.2) is 11.5 Å². The molecule has 188 valence electrons. The zero-order valence-corrected chi connectivity index (χ0v) is 20.4. The molecule has 1 heterocycles. The number of amides is 2. The topological polar surface area (TPSA) is 151 Å². The van der Waals surface area contributed by atoms with Crippen LogP contribution in [-0.4, -0.2) is 35.3 Å². The summed E-state index contributed by atoms with van der Waals surface area (Å²) >= 11 is 0. The average Bonchev–Trinajstić information content (AvgIpc) is 2.87. The Labute approximate surface area is 209 Å². The van der Waals surface area contributed by atoms with Crippen LogP contribution in [0.5, 0.6) is 11.5 Å². The number of benzene rings is 2. The zero-order valence-electron chi connectivity index (χ0n) is 20.4. The Morgan fingerprint density at radius 3 is 2.39 bits per heavy atom. The predicted molar refractivity (Wildman–Crippen MR) is 137 cm³/mol. The number of carbonyl (C=O) groups is 2. The van der Waals surface area contributed by atoms with Gasteiger partial charge in [-0.15, -0.1) is 0 Å². The van der Waals surface area contributed by atoms with Crippen molar-refractivity contribution in [1.82, 2.24) is 15.8 Å². The molecule has 10 nitrogen and oxygen atoms in total. The number of hydrazine groups is 1. The molecule has 0 fully saturated rings. The van der Waals surface area contributed by atoms with E-state index >= 15 is 0 Å². The molecule has 3 aromatic rings. The number of aromatic nitrogens is 1. The molecular weight excluding hydrogens is 460 g/mol. The van der Waals surface area contributed by atoms with Gasteiger partial charge in [0.05, 0.1) is 12.7 Å². The minimum atomic E-state index is -0.912. The van der Waals surface area contributed by atoms with Crippen molar-refractivity contribution >= 4 is 23.3 Å². The lowest BCUT2D eigenvalue weighted by Crippen LogP contribution is -2.45. The van der Waals surface area contributed by atoms with Crippen LogP contribution in [0.4, 0.5) is 5.69 Å². The molecule has 0 saturated heterocycles. The first kappa shape index (κ1) is 26.0. The van der Waals surface area contributed by atoms with Gasteiger partial charge in [-0.05, 0) is 74.9 Å². The van der Waals surface area contributed by atoms with Crippen LogP contribution in [0.2, 0.25) is 0 Å². The molecule has 1 aromatic heterocycles. The van der Waals surface area contributed by atoms with E-state index in [0.717, 1.165) is 0 Å². The summed E-state index contributed by atoms with van der Waals surface area (Å²) in [7, 11) is 0. The van der Waals surface area contributed by atoms with Crippen LogP contribution in [0.15, 0.2) is 66.9 Å². The second-order valence-electron chi connectivity index (χ2n) is 8.03. The number of nitrogens with one attached hydrogen (secondary N) is 4. The van der Waals surface area contributed by atoms with Gasteiger partial charge in [-0.25, -0.2) is 0 Å². The van der Waals surface area contributed by atoms with Crippen molar-refractivity contribution in [3.63, 3.8) is 0 Å². The summed E-state index contributed by atoms with van der Waals surface area (Å²) in [5, 5.41) is 10.7. The number of rotatable bonds is 10. The van der Waals surface area contributed by atoms with Gasteiger partial charge < -0.3 is 20.5 Å². The smallest absolute Gasteiger partial charge is 0.288 e. The third-order valence-electron chi connectivity index (χ3n) is 4.93. The quantitative estimate of drug-likeness (QED) is 0.166. The summed E-state index contributed by atoms with van der Waals surface area (Å²) < 4.78 is 11.6. The van der Waals surface area contributed by atoms with Crippen LogP contribution in [0.3, 0.4) is 0 Å². The molecule has 6 N–H and O–H groups in total.